The SMILES string of the molecule is NC(Cc1cccnc1)c1ccc(Br)cc1F. The van der Waals surface area contributed by atoms with Crippen LogP contribution in [-0.4, -0.2) is 4.98 Å². The van der Waals surface area contributed by atoms with Gasteiger partial charge in [0.15, 0.2) is 0 Å². The standard InChI is InChI=1S/C13H12BrFN2/c14-10-3-4-11(12(15)7-10)13(16)6-9-2-1-5-17-8-9/h1-5,7-8,13H,6,16H2. The van der Waals surface area contributed by atoms with E-state index >= 15 is 0 Å². The zero-order valence-electron chi connectivity index (χ0n) is 9.11. The summed E-state index contributed by atoms with van der Waals surface area (Å²) in [6, 6.07) is 8.36. The number of hydrogen-bond donors (Lipinski definition) is 1. The molecule has 2 aromatic rings. The molecule has 17 heavy (non-hydrogen) atoms. The zero-order chi connectivity index (χ0) is 12.3. The highest BCUT2D eigenvalue weighted by molar-refractivity contribution is 9.10. The van der Waals surface area contributed by atoms with Crippen molar-refractivity contribution in [2.24, 2.45) is 5.73 Å². The van der Waals surface area contributed by atoms with Gasteiger partial charge in [-0.3, -0.25) is 4.98 Å². The number of pyridine rings is 1. The maximum absolute atomic E-state index is 13.7. The maximum atomic E-state index is 13.7. The van der Waals surface area contributed by atoms with Gasteiger partial charge >= 0.3 is 0 Å². The van der Waals surface area contributed by atoms with Crippen molar-refractivity contribution in [3.8, 4) is 0 Å². The molecule has 0 fully saturated rings. The Morgan fingerprint density at radius 2 is 2.18 bits per heavy atom. The van der Waals surface area contributed by atoms with Crippen LogP contribution >= 0.6 is 15.9 Å². The van der Waals surface area contributed by atoms with Gasteiger partial charge in [0, 0.05) is 28.5 Å². The fourth-order valence-corrected chi connectivity index (χ4v) is 2.02. The van der Waals surface area contributed by atoms with Gasteiger partial charge in [0.05, 0.1) is 0 Å². The Morgan fingerprint density at radius 3 is 2.82 bits per heavy atom. The van der Waals surface area contributed by atoms with Crippen LogP contribution in [0.25, 0.3) is 0 Å². The average Bonchev–Trinajstić information content (AvgIpc) is 2.30. The molecule has 1 atom stereocenters. The lowest BCUT2D eigenvalue weighted by molar-refractivity contribution is 0.579. The summed E-state index contributed by atoms with van der Waals surface area (Å²) >= 11 is 3.22. The minimum atomic E-state index is -0.354. The van der Waals surface area contributed by atoms with E-state index in [2.05, 4.69) is 20.9 Å². The summed E-state index contributed by atoms with van der Waals surface area (Å²) in [5.74, 6) is -0.282. The summed E-state index contributed by atoms with van der Waals surface area (Å²) in [5.41, 5.74) is 7.52. The van der Waals surface area contributed by atoms with Crippen LogP contribution in [0.3, 0.4) is 0 Å². The third-order valence-electron chi connectivity index (χ3n) is 2.54. The molecule has 2 rings (SSSR count). The van der Waals surface area contributed by atoms with Crippen molar-refractivity contribution in [2.75, 3.05) is 0 Å². The van der Waals surface area contributed by atoms with E-state index in [0.717, 1.165) is 5.56 Å². The van der Waals surface area contributed by atoms with Crippen LogP contribution in [0, 0.1) is 5.82 Å². The van der Waals surface area contributed by atoms with E-state index in [1.807, 2.05) is 12.1 Å². The van der Waals surface area contributed by atoms with Crippen LogP contribution in [0.5, 0.6) is 0 Å². The van der Waals surface area contributed by atoms with Gasteiger partial charge in [0.2, 0.25) is 0 Å². The summed E-state index contributed by atoms with van der Waals surface area (Å²) in [4.78, 5) is 4.01. The summed E-state index contributed by atoms with van der Waals surface area (Å²) in [6.45, 7) is 0. The minimum absolute atomic E-state index is 0.282. The average molecular weight is 295 g/mol. The molecule has 1 heterocycles. The largest absolute Gasteiger partial charge is 0.324 e. The molecule has 1 aromatic carbocycles. The second kappa shape index (κ2) is 5.38. The highest BCUT2D eigenvalue weighted by atomic mass is 79.9. The fraction of sp³-hybridized carbons (Fsp3) is 0.154. The summed E-state index contributed by atoms with van der Waals surface area (Å²) < 4.78 is 14.4. The lowest BCUT2D eigenvalue weighted by Gasteiger charge is -2.13. The zero-order valence-corrected chi connectivity index (χ0v) is 10.7. The summed E-state index contributed by atoms with van der Waals surface area (Å²) in [7, 11) is 0. The van der Waals surface area contributed by atoms with Gasteiger partial charge in [0.1, 0.15) is 5.82 Å². The van der Waals surface area contributed by atoms with Crippen molar-refractivity contribution in [3.05, 3.63) is 64.1 Å². The second-order valence-corrected chi connectivity index (χ2v) is 4.75. The van der Waals surface area contributed by atoms with Crippen LogP contribution in [0.1, 0.15) is 17.2 Å². The van der Waals surface area contributed by atoms with Crippen LogP contribution in [0.15, 0.2) is 47.2 Å². The number of rotatable bonds is 3. The van der Waals surface area contributed by atoms with Gasteiger partial charge in [-0.15, -0.1) is 0 Å². The Bertz CT molecular complexity index is 502. The van der Waals surface area contributed by atoms with Crippen LogP contribution in [0.2, 0.25) is 0 Å². The second-order valence-electron chi connectivity index (χ2n) is 3.84. The van der Waals surface area contributed by atoms with E-state index in [4.69, 9.17) is 5.73 Å². The van der Waals surface area contributed by atoms with Crippen molar-refractivity contribution in [1.29, 1.82) is 0 Å². The lowest BCUT2D eigenvalue weighted by atomic mass is 10.0. The number of halogens is 2. The topological polar surface area (TPSA) is 38.9 Å². The summed E-state index contributed by atoms with van der Waals surface area (Å²) in [5, 5.41) is 0. The molecule has 88 valence electrons. The number of nitrogens with zero attached hydrogens (tertiary/aromatic N) is 1. The van der Waals surface area contributed by atoms with Gasteiger partial charge < -0.3 is 5.73 Å². The number of hydrogen-bond acceptors (Lipinski definition) is 2. The molecule has 0 aliphatic carbocycles. The first-order valence-electron chi connectivity index (χ1n) is 5.26. The molecule has 2 N–H and O–H groups in total. The van der Waals surface area contributed by atoms with E-state index in [0.29, 0.717) is 16.5 Å². The monoisotopic (exact) mass is 294 g/mol. The van der Waals surface area contributed by atoms with E-state index in [1.165, 1.54) is 6.07 Å². The van der Waals surface area contributed by atoms with Crippen molar-refractivity contribution in [3.63, 3.8) is 0 Å². The first-order chi connectivity index (χ1) is 8.16. The lowest BCUT2D eigenvalue weighted by Crippen LogP contribution is -2.15. The normalized spacial score (nSPS) is 12.4. The minimum Gasteiger partial charge on any atom is -0.324 e. The van der Waals surface area contributed by atoms with Crippen LogP contribution in [-0.2, 0) is 6.42 Å². The Morgan fingerprint density at radius 1 is 1.35 bits per heavy atom. The van der Waals surface area contributed by atoms with Crippen LogP contribution in [0.4, 0.5) is 4.39 Å². The van der Waals surface area contributed by atoms with E-state index < -0.39 is 0 Å². The Balaban J connectivity index is 2.17. The predicted octanol–water partition coefficient (Wildman–Crippen LogP) is 3.23. The highest BCUT2D eigenvalue weighted by Gasteiger charge is 2.12. The highest BCUT2D eigenvalue weighted by Crippen LogP contribution is 2.22. The van der Waals surface area contributed by atoms with Crippen molar-refractivity contribution >= 4 is 15.9 Å². The molecule has 1 aromatic heterocycles. The van der Waals surface area contributed by atoms with Crippen molar-refractivity contribution in [2.45, 2.75) is 12.5 Å². The fourth-order valence-electron chi connectivity index (χ4n) is 1.68. The van der Waals surface area contributed by atoms with Gasteiger partial charge in [-0.25, -0.2) is 4.39 Å². The van der Waals surface area contributed by atoms with Crippen molar-refractivity contribution in [1.82, 2.24) is 4.98 Å². The Hall–Kier alpha value is -1.26. The Labute approximate surface area is 108 Å². The van der Waals surface area contributed by atoms with Crippen molar-refractivity contribution < 1.29 is 4.39 Å². The summed E-state index contributed by atoms with van der Waals surface area (Å²) in [6.07, 6.45) is 4.03. The van der Waals surface area contributed by atoms with E-state index in [-0.39, 0.29) is 11.9 Å². The molecule has 0 saturated heterocycles. The molecule has 4 heteroatoms. The molecule has 0 amide bonds. The first-order valence-corrected chi connectivity index (χ1v) is 6.05. The van der Waals surface area contributed by atoms with Gasteiger partial charge in [0.25, 0.3) is 0 Å². The molecule has 0 bridgehead atoms. The van der Waals surface area contributed by atoms with E-state index in [9.17, 15) is 4.39 Å². The smallest absolute Gasteiger partial charge is 0.129 e. The third-order valence-corrected chi connectivity index (χ3v) is 3.03. The predicted molar refractivity (Wildman–Crippen MR) is 69.0 cm³/mol. The first kappa shape index (κ1) is 12.2. The Kier molecular flexibility index (Phi) is 3.86. The number of benzene rings is 1. The molecule has 0 saturated carbocycles. The quantitative estimate of drug-likeness (QED) is 0.944. The molecular weight excluding hydrogens is 283 g/mol. The third kappa shape index (κ3) is 3.11. The maximum Gasteiger partial charge on any atom is 0.129 e. The molecular formula is C13H12BrFN2. The molecule has 0 spiro atoms. The van der Waals surface area contributed by atoms with Crippen LogP contribution < -0.4 is 5.73 Å². The number of nitrogens with two attached hydrogens (primary N) is 1. The molecule has 2 nitrogen and oxygen atoms in total. The molecule has 0 aliphatic rings. The van der Waals surface area contributed by atoms with E-state index in [1.54, 1.807) is 24.5 Å². The van der Waals surface area contributed by atoms with Gasteiger partial charge in [-0.1, -0.05) is 28.1 Å². The number of aromatic nitrogens is 1. The molecule has 0 radical (unpaired) electrons. The molecule has 0 aliphatic heterocycles. The van der Waals surface area contributed by atoms with Gasteiger partial charge in [-0.05, 0) is 30.2 Å². The van der Waals surface area contributed by atoms with Gasteiger partial charge in [-0.2, -0.15) is 0 Å². The molecule has 1 unspecified atom stereocenters.